The SMILES string of the molecule is CCCCNC(=O)C1=C/C(=C\c2ccc(C)cc2)c2ccccc21. The van der Waals surface area contributed by atoms with Gasteiger partial charge in [0.15, 0.2) is 0 Å². The average Bonchev–Trinajstić information content (AvgIpc) is 2.96. The molecule has 0 radical (unpaired) electrons. The predicted octanol–water partition coefficient (Wildman–Crippen LogP) is 4.85. The minimum Gasteiger partial charge on any atom is -0.352 e. The standard InChI is InChI=1S/C22H23NO/c1-3-4-13-23-22(24)21-15-18(19-7-5-6-8-20(19)21)14-17-11-9-16(2)10-12-17/h5-12,14-15H,3-4,13H2,1-2H3,(H,23,24)/b18-14+. The molecular formula is C22H23NO. The van der Waals surface area contributed by atoms with Crippen molar-refractivity contribution in [3.63, 3.8) is 0 Å². The van der Waals surface area contributed by atoms with E-state index >= 15 is 0 Å². The van der Waals surface area contributed by atoms with E-state index in [4.69, 9.17) is 0 Å². The molecular weight excluding hydrogens is 294 g/mol. The summed E-state index contributed by atoms with van der Waals surface area (Å²) in [7, 11) is 0. The van der Waals surface area contributed by atoms with Crippen LogP contribution in [0.1, 0.15) is 42.0 Å². The number of fused-ring (bicyclic) bond motifs is 1. The van der Waals surface area contributed by atoms with Gasteiger partial charge in [0.05, 0.1) is 0 Å². The van der Waals surface area contributed by atoms with Crippen LogP contribution in [0.15, 0.2) is 54.6 Å². The molecule has 3 rings (SSSR count). The summed E-state index contributed by atoms with van der Waals surface area (Å²) in [5.41, 5.74) is 6.39. The molecule has 0 atom stereocenters. The molecule has 0 aromatic heterocycles. The molecule has 1 aliphatic rings. The van der Waals surface area contributed by atoms with Crippen molar-refractivity contribution in [3.05, 3.63) is 76.9 Å². The molecule has 0 spiro atoms. The summed E-state index contributed by atoms with van der Waals surface area (Å²) in [6.45, 7) is 4.94. The van der Waals surface area contributed by atoms with E-state index in [1.807, 2.05) is 24.3 Å². The van der Waals surface area contributed by atoms with Crippen LogP contribution >= 0.6 is 0 Å². The van der Waals surface area contributed by atoms with Gasteiger partial charge in [-0.1, -0.05) is 67.4 Å². The van der Waals surface area contributed by atoms with Gasteiger partial charge in [-0.25, -0.2) is 0 Å². The van der Waals surface area contributed by atoms with Crippen molar-refractivity contribution < 1.29 is 4.79 Å². The molecule has 0 aliphatic heterocycles. The highest BCUT2D eigenvalue weighted by molar-refractivity contribution is 6.26. The van der Waals surface area contributed by atoms with Crippen LogP contribution < -0.4 is 5.32 Å². The van der Waals surface area contributed by atoms with E-state index in [2.05, 4.69) is 55.6 Å². The number of benzene rings is 2. The number of amides is 1. The van der Waals surface area contributed by atoms with Crippen LogP contribution in [-0.2, 0) is 4.79 Å². The minimum absolute atomic E-state index is 0.0169. The van der Waals surface area contributed by atoms with Crippen molar-refractivity contribution in [2.75, 3.05) is 6.54 Å². The van der Waals surface area contributed by atoms with E-state index in [-0.39, 0.29) is 5.91 Å². The molecule has 0 saturated carbocycles. The highest BCUT2D eigenvalue weighted by Gasteiger charge is 2.22. The third-order valence-electron chi connectivity index (χ3n) is 4.29. The molecule has 2 aromatic carbocycles. The van der Waals surface area contributed by atoms with Gasteiger partial charge in [-0.15, -0.1) is 0 Å². The lowest BCUT2D eigenvalue weighted by atomic mass is 10.0. The summed E-state index contributed by atoms with van der Waals surface area (Å²) >= 11 is 0. The quantitative estimate of drug-likeness (QED) is 0.785. The van der Waals surface area contributed by atoms with Gasteiger partial charge in [0, 0.05) is 12.1 Å². The van der Waals surface area contributed by atoms with Crippen LogP contribution in [0, 0.1) is 6.92 Å². The van der Waals surface area contributed by atoms with Crippen molar-refractivity contribution in [3.8, 4) is 0 Å². The summed E-state index contributed by atoms with van der Waals surface area (Å²) < 4.78 is 0. The lowest BCUT2D eigenvalue weighted by Crippen LogP contribution is -2.24. The zero-order chi connectivity index (χ0) is 16.9. The molecule has 1 N–H and O–H groups in total. The Morgan fingerprint density at radius 3 is 2.46 bits per heavy atom. The molecule has 2 nitrogen and oxygen atoms in total. The number of carbonyl (C=O) groups excluding carboxylic acids is 1. The molecule has 122 valence electrons. The van der Waals surface area contributed by atoms with E-state index in [1.165, 1.54) is 5.56 Å². The van der Waals surface area contributed by atoms with Gasteiger partial charge in [0.25, 0.3) is 5.91 Å². The van der Waals surface area contributed by atoms with E-state index in [0.717, 1.165) is 47.2 Å². The molecule has 1 aliphatic carbocycles. The number of rotatable bonds is 5. The summed E-state index contributed by atoms with van der Waals surface area (Å²) in [5, 5.41) is 3.02. The number of aryl methyl sites for hydroxylation is 1. The Balaban J connectivity index is 1.92. The molecule has 1 amide bonds. The molecule has 0 saturated heterocycles. The Bertz CT molecular complexity index is 797. The Kier molecular flexibility index (Phi) is 4.95. The van der Waals surface area contributed by atoms with E-state index < -0.39 is 0 Å². The van der Waals surface area contributed by atoms with Crippen LogP contribution in [-0.4, -0.2) is 12.5 Å². The van der Waals surface area contributed by atoms with Crippen molar-refractivity contribution >= 4 is 23.1 Å². The van der Waals surface area contributed by atoms with Crippen LogP contribution in [0.4, 0.5) is 0 Å². The Hall–Kier alpha value is -2.61. The molecule has 0 fully saturated rings. The topological polar surface area (TPSA) is 29.1 Å². The number of hydrogen-bond acceptors (Lipinski definition) is 1. The van der Waals surface area contributed by atoms with Crippen molar-refractivity contribution in [2.45, 2.75) is 26.7 Å². The number of nitrogens with one attached hydrogen (secondary N) is 1. The van der Waals surface area contributed by atoms with Gasteiger partial charge in [-0.3, -0.25) is 4.79 Å². The lowest BCUT2D eigenvalue weighted by molar-refractivity contribution is -0.115. The van der Waals surface area contributed by atoms with Crippen molar-refractivity contribution in [1.82, 2.24) is 5.32 Å². The number of hydrogen-bond donors (Lipinski definition) is 1. The first-order chi connectivity index (χ1) is 11.7. The monoisotopic (exact) mass is 317 g/mol. The van der Waals surface area contributed by atoms with Gasteiger partial charge in [0.1, 0.15) is 0 Å². The normalized spacial score (nSPS) is 14.4. The highest BCUT2D eigenvalue weighted by Crippen LogP contribution is 2.36. The summed E-state index contributed by atoms with van der Waals surface area (Å²) in [5.74, 6) is 0.0169. The Morgan fingerprint density at radius 2 is 1.75 bits per heavy atom. The molecule has 0 bridgehead atoms. The molecule has 0 heterocycles. The zero-order valence-electron chi connectivity index (χ0n) is 14.3. The lowest BCUT2D eigenvalue weighted by Gasteiger charge is -2.06. The first kappa shape index (κ1) is 16.3. The number of allylic oxidation sites excluding steroid dienone is 2. The van der Waals surface area contributed by atoms with Crippen LogP contribution in [0.2, 0.25) is 0 Å². The van der Waals surface area contributed by atoms with Gasteiger partial charge < -0.3 is 5.32 Å². The Labute approximate surface area is 143 Å². The number of unbranched alkanes of at least 4 members (excludes halogenated alkanes) is 1. The molecule has 24 heavy (non-hydrogen) atoms. The van der Waals surface area contributed by atoms with Crippen LogP contribution in [0.5, 0.6) is 0 Å². The second-order valence-corrected chi connectivity index (χ2v) is 6.22. The largest absolute Gasteiger partial charge is 0.352 e. The third kappa shape index (κ3) is 3.48. The highest BCUT2D eigenvalue weighted by atomic mass is 16.1. The van der Waals surface area contributed by atoms with E-state index in [0.29, 0.717) is 0 Å². The fourth-order valence-electron chi connectivity index (χ4n) is 2.90. The molecule has 0 unspecified atom stereocenters. The zero-order valence-corrected chi connectivity index (χ0v) is 14.3. The van der Waals surface area contributed by atoms with Gasteiger partial charge in [-0.05, 0) is 47.8 Å². The van der Waals surface area contributed by atoms with E-state index in [9.17, 15) is 4.79 Å². The molecule has 2 heteroatoms. The maximum Gasteiger partial charge on any atom is 0.251 e. The second kappa shape index (κ2) is 7.31. The fourth-order valence-corrected chi connectivity index (χ4v) is 2.90. The average molecular weight is 317 g/mol. The van der Waals surface area contributed by atoms with Crippen molar-refractivity contribution in [2.24, 2.45) is 0 Å². The van der Waals surface area contributed by atoms with Gasteiger partial charge >= 0.3 is 0 Å². The summed E-state index contributed by atoms with van der Waals surface area (Å²) in [6, 6.07) is 16.5. The predicted molar refractivity (Wildman–Crippen MR) is 101 cm³/mol. The second-order valence-electron chi connectivity index (χ2n) is 6.22. The summed E-state index contributed by atoms with van der Waals surface area (Å²) in [6.07, 6.45) is 6.23. The van der Waals surface area contributed by atoms with E-state index in [1.54, 1.807) is 0 Å². The smallest absolute Gasteiger partial charge is 0.251 e. The van der Waals surface area contributed by atoms with Gasteiger partial charge in [-0.2, -0.15) is 0 Å². The number of carbonyl (C=O) groups is 1. The fraction of sp³-hybridized carbons (Fsp3) is 0.227. The van der Waals surface area contributed by atoms with Crippen LogP contribution in [0.3, 0.4) is 0 Å². The third-order valence-corrected chi connectivity index (χ3v) is 4.29. The minimum atomic E-state index is 0.0169. The first-order valence-corrected chi connectivity index (χ1v) is 8.57. The maximum atomic E-state index is 12.5. The molecule has 2 aromatic rings. The maximum absolute atomic E-state index is 12.5. The Morgan fingerprint density at radius 1 is 1.04 bits per heavy atom. The summed E-state index contributed by atoms with van der Waals surface area (Å²) in [4.78, 5) is 12.5. The first-order valence-electron chi connectivity index (χ1n) is 8.57. The van der Waals surface area contributed by atoms with Crippen LogP contribution in [0.25, 0.3) is 17.2 Å². The van der Waals surface area contributed by atoms with Gasteiger partial charge in [0.2, 0.25) is 0 Å². The van der Waals surface area contributed by atoms with Crippen molar-refractivity contribution in [1.29, 1.82) is 0 Å².